The van der Waals surface area contributed by atoms with Gasteiger partial charge in [-0.1, -0.05) is 44.2 Å². The van der Waals surface area contributed by atoms with E-state index >= 15 is 0 Å². The highest BCUT2D eigenvalue weighted by atomic mass is 19.4. The molecule has 1 unspecified atom stereocenters. The molecule has 10 heteroatoms. The SMILES string of the molecule is CCN1CCC2(CN(CC(C)C)CC23CCN(C(=O)Cc2ccccc2)CC3)C1=O.O=C(O)C(F)(F)F. The molecule has 1 aromatic carbocycles. The predicted molar refractivity (Wildman–Crippen MR) is 133 cm³/mol. The lowest BCUT2D eigenvalue weighted by Gasteiger charge is -2.47. The van der Waals surface area contributed by atoms with Crippen molar-refractivity contribution in [1.29, 1.82) is 0 Å². The van der Waals surface area contributed by atoms with E-state index in [0.717, 1.165) is 70.6 Å². The summed E-state index contributed by atoms with van der Waals surface area (Å²) >= 11 is 0. The van der Waals surface area contributed by atoms with Gasteiger partial charge in [-0.05, 0) is 37.7 Å². The Bertz CT molecular complexity index is 961. The van der Waals surface area contributed by atoms with E-state index in [2.05, 4.69) is 30.6 Å². The van der Waals surface area contributed by atoms with E-state index in [1.165, 1.54) is 0 Å². The molecule has 3 fully saturated rings. The number of nitrogens with zero attached hydrogens (tertiary/aromatic N) is 3. The summed E-state index contributed by atoms with van der Waals surface area (Å²) in [6.45, 7) is 12.8. The van der Waals surface area contributed by atoms with Crippen LogP contribution in [0.25, 0.3) is 0 Å². The molecular weight excluding hydrogens is 487 g/mol. The van der Waals surface area contributed by atoms with Gasteiger partial charge in [0.15, 0.2) is 0 Å². The number of rotatable bonds is 5. The first-order chi connectivity index (χ1) is 17.3. The normalized spacial score (nSPS) is 23.6. The van der Waals surface area contributed by atoms with E-state index in [9.17, 15) is 22.8 Å². The number of hydrogen-bond acceptors (Lipinski definition) is 4. The van der Waals surface area contributed by atoms with Crippen molar-refractivity contribution in [3.05, 3.63) is 35.9 Å². The van der Waals surface area contributed by atoms with Crippen molar-refractivity contribution in [2.24, 2.45) is 16.7 Å². The van der Waals surface area contributed by atoms with Gasteiger partial charge in [-0.3, -0.25) is 9.59 Å². The van der Waals surface area contributed by atoms with E-state index in [-0.39, 0.29) is 16.7 Å². The number of amides is 2. The third kappa shape index (κ3) is 6.27. The van der Waals surface area contributed by atoms with Gasteiger partial charge in [-0.15, -0.1) is 0 Å². The van der Waals surface area contributed by atoms with Crippen molar-refractivity contribution in [3.8, 4) is 0 Å². The smallest absolute Gasteiger partial charge is 0.475 e. The molecule has 1 atom stereocenters. The summed E-state index contributed by atoms with van der Waals surface area (Å²) in [6, 6.07) is 10.0. The van der Waals surface area contributed by atoms with Crippen LogP contribution in [0.4, 0.5) is 13.2 Å². The fourth-order valence-corrected chi connectivity index (χ4v) is 6.31. The Morgan fingerprint density at radius 3 is 2.11 bits per heavy atom. The number of carboxylic acid groups (broad SMARTS) is 1. The number of carbonyl (C=O) groups is 3. The monoisotopic (exact) mass is 525 g/mol. The van der Waals surface area contributed by atoms with Crippen molar-refractivity contribution < 1.29 is 32.7 Å². The maximum absolute atomic E-state index is 13.5. The van der Waals surface area contributed by atoms with E-state index in [4.69, 9.17) is 9.90 Å². The van der Waals surface area contributed by atoms with Gasteiger partial charge >= 0.3 is 12.1 Å². The second kappa shape index (κ2) is 11.4. The zero-order valence-electron chi connectivity index (χ0n) is 21.9. The third-order valence-corrected chi connectivity index (χ3v) is 8.06. The molecule has 1 aromatic rings. The molecule has 7 nitrogen and oxygen atoms in total. The second-order valence-electron chi connectivity index (χ2n) is 10.9. The van der Waals surface area contributed by atoms with Crippen molar-refractivity contribution in [1.82, 2.24) is 14.7 Å². The second-order valence-corrected chi connectivity index (χ2v) is 10.9. The van der Waals surface area contributed by atoms with Crippen molar-refractivity contribution in [2.45, 2.75) is 52.6 Å². The zero-order chi connectivity index (χ0) is 27.4. The molecule has 3 aliphatic heterocycles. The van der Waals surface area contributed by atoms with Gasteiger partial charge in [0, 0.05) is 51.2 Å². The molecule has 0 aromatic heterocycles. The molecule has 0 radical (unpaired) electrons. The predicted octanol–water partition coefficient (Wildman–Crippen LogP) is 3.68. The molecular formula is C27H38F3N3O4. The standard InChI is InChI=1S/C25H37N3O2.C2HF3O2/c1-4-27-15-12-25(23(27)30)19-26(17-20(2)3)18-24(25)10-13-28(14-11-24)22(29)16-21-8-6-5-7-9-21;3-2(4,5)1(6)7/h5-9,20H,4,10-19H2,1-3H3;(H,6,7). The number of likely N-dealkylation sites (tertiary alicyclic amines) is 3. The summed E-state index contributed by atoms with van der Waals surface area (Å²) in [5, 5.41) is 7.12. The van der Waals surface area contributed by atoms with Crippen LogP contribution in [-0.2, 0) is 20.8 Å². The summed E-state index contributed by atoms with van der Waals surface area (Å²) in [6.07, 6.45) is -1.73. The van der Waals surface area contributed by atoms with E-state index in [1.54, 1.807) is 0 Å². The molecule has 3 aliphatic rings. The van der Waals surface area contributed by atoms with Crippen LogP contribution < -0.4 is 0 Å². The highest BCUT2D eigenvalue weighted by Gasteiger charge is 2.64. The Balaban J connectivity index is 0.000000479. The van der Waals surface area contributed by atoms with Crippen molar-refractivity contribution in [3.63, 3.8) is 0 Å². The lowest BCUT2D eigenvalue weighted by atomic mass is 9.60. The van der Waals surface area contributed by atoms with E-state index in [0.29, 0.717) is 18.2 Å². The molecule has 4 rings (SSSR count). The molecule has 2 spiro atoms. The van der Waals surface area contributed by atoms with Crippen LogP contribution in [-0.4, -0.2) is 89.6 Å². The van der Waals surface area contributed by atoms with Gasteiger partial charge in [-0.2, -0.15) is 13.2 Å². The molecule has 0 bridgehead atoms. The molecule has 206 valence electrons. The number of hydrogen-bond donors (Lipinski definition) is 1. The van der Waals surface area contributed by atoms with Crippen LogP contribution in [0.3, 0.4) is 0 Å². The molecule has 0 saturated carbocycles. The number of benzene rings is 1. The largest absolute Gasteiger partial charge is 0.490 e. The lowest BCUT2D eigenvalue weighted by molar-refractivity contribution is -0.192. The van der Waals surface area contributed by atoms with Gasteiger partial charge in [0.1, 0.15) is 0 Å². The number of piperidine rings is 1. The summed E-state index contributed by atoms with van der Waals surface area (Å²) in [7, 11) is 0. The Morgan fingerprint density at radius 1 is 1.03 bits per heavy atom. The van der Waals surface area contributed by atoms with Gasteiger partial charge in [0.25, 0.3) is 0 Å². The lowest BCUT2D eigenvalue weighted by Crippen LogP contribution is -2.53. The average Bonchev–Trinajstić information content (AvgIpc) is 3.31. The maximum Gasteiger partial charge on any atom is 0.490 e. The number of aliphatic carboxylic acids is 1. The van der Waals surface area contributed by atoms with Crippen LogP contribution in [0.5, 0.6) is 0 Å². The zero-order valence-corrected chi connectivity index (χ0v) is 21.9. The summed E-state index contributed by atoms with van der Waals surface area (Å²) in [4.78, 5) is 42.0. The van der Waals surface area contributed by atoms with Crippen LogP contribution >= 0.6 is 0 Å². The number of alkyl halides is 3. The molecule has 37 heavy (non-hydrogen) atoms. The molecule has 3 heterocycles. The number of carbonyl (C=O) groups excluding carboxylic acids is 2. The fourth-order valence-electron chi connectivity index (χ4n) is 6.31. The number of carboxylic acids is 1. The average molecular weight is 526 g/mol. The first-order valence-corrected chi connectivity index (χ1v) is 13.0. The third-order valence-electron chi connectivity index (χ3n) is 8.06. The van der Waals surface area contributed by atoms with Crippen LogP contribution in [0.15, 0.2) is 30.3 Å². The van der Waals surface area contributed by atoms with Gasteiger partial charge in [-0.25, -0.2) is 4.79 Å². The summed E-state index contributed by atoms with van der Waals surface area (Å²) in [5.41, 5.74) is 0.853. The molecule has 1 N–H and O–H groups in total. The maximum atomic E-state index is 13.5. The first kappa shape index (κ1) is 28.9. The minimum atomic E-state index is -5.08. The van der Waals surface area contributed by atoms with Crippen molar-refractivity contribution in [2.75, 3.05) is 45.8 Å². The van der Waals surface area contributed by atoms with Gasteiger partial charge < -0.3 is 19.8 Å². The molecule has 3 saturated heterocycles. The van der Waals surface area contributed by atoms with Gasteiger partial charge in [0.2, 0.25) is 11.8 Å². The molecule has 0 aliphatic carbocycles. The minimum absolute atomic E-state index is 0.0203. The van der Waals surface area contributed by atoms with E-state index < -0.39 is 12.1 Å². The van der Waals surface area contributed by atoms with Crippen LogP contribution in [0.2, 0.25) is 0 Å². The minimum Gasteiger partial charge on any atom is -0.475 e. The van der Waals surface area contributed by atoms with E-state index in [1.807, 2.05) is 35.2 Å². The number of fused-ring (bicyclic) bond motifs is 1. The van der Waals surface area contributed by atoms with Gasteiger partial charge in [0.05, 0.1) is 11.8 Å². The Morgan fingerprint density at radius 2 is 1.62 bits per heavy atom. The Kier molecular flexibility index (Phi) is 8.93. The quantitative estimate of drug-likeness (QED) is 0.635. The summed E-state index contributed by atoms with van der Waals surface area (Å²) < 4.78 is 31.7. The number of halogens is 3. The Labute approximate surface area is 216 Å². The Hall–Kier alpha value is -2.62. The topological polar surface area (TPSA) is 81.2 Å². The van der Waals surface area contributed by atoms with Crippen LogP contribution in [0.1, 0.15) is 45.6 Å². The highest BCUT2D eigenvalue weighted by Crippen LogP contribution is 2.57. The van der Waals surface area contributed by atoms with Crippen LogP contribution in [0, 0.1) is 16.7 Å². The first-order valence-electron chi connectivity index (χ1n) is 13.0. The van der Waals surface area contributed by atoms with Crippen molar-refractivity contribution >= 4 is 17.8 Å². The fraction of sp³-hybridized carbons (Fsp3) is 0.667. The highest BCUT2D eigenvalue weighted by molar-refractivity contribution is 5.87. The molecule has 2 amide bonds. The summed E-state index contributed by atoms with van der Waals surface area (Å²) in [5.74, 6) is -1.56.